The highest BCUT2D eigenvalue weighted by Crippen LogP contribution is 2.21. The Kier molecular flexibility index (Phi) is 5.16. The van der Waals surface area contributed by atoms with Gasteiger partial charge < -0.3 is 9.84 Å². The Morgan fingerprint density at radius 2 is 2.09 bits per heavy atom. The number of hydrogen-bond donors (Lipinski definition) is 2. The van der Waals surface area contributed by atoms with E-state index in [4.69, 9.17) is 4.74 Å². The van der Waals surface area contributed by atoms with E-state index >= 15 is 0 Å². The van der Waals surface area contributed by atoms with Crippen molar-refractivity contribution in [1.29, 1.82) is 0 Å². The molecule has 0 saturated heterocycles. The summed E-state index contributed by atoms with van der Waals surface area (Å²) >= 11 is 3.25. The highest BCUT2D eigenvalue weighted by molar-refractivity contribution is 9.10. The number of rotatable bonds is 4. The summed E-state index contributed by atoms with van der Waals surface area (Å²) < 4.78 is 5.88. The van der Waals surface area contributed by atoms with Gasteiger partial charge in [0.25, 0.3) is 5.91 Å². The van der Waals surface area contributed by atoms with E-state index in [0.29, 0.717) is 4.47 Å². The first-order valence-electron chi connectivity index (χ1n) is 6.48. The molecule has 1 amide bonds. The molecule has 0 radical (unpaired) electrons. The first kappa shape index (κ1) is 16.0. The highest BCUT2D eigenvalue weighted by Gasteiger charge is 2.10. The molecule has 114 valence electrons. The van der Waals surface area contributed by atoms with Crippen molar-refractivity contribution >= 4 is 28.1 Å². The zero-order valence-electron chi connectivity index (χ0n) is 12.1. The molecule has 0 aliphatic carbocycles. The number of carbonyl (C=O) groups excluding carboxylic acids is 1. The van der Waals surface area contributed by atoms with Gasteiger partial charge in [0.05, 0.1) is 18.9 Å². The van der Waals surface area contributed by atoms with Crippen molar-refractivity contribution in [2.45, 2.75) is 6.92 Å². The molecule has 6 heteroatoms. The van der Waals surface area contributed by atoms with Gasteiger partial charge in [0.1, 0.15) is 11.5 Å². The van der Waals surface area contributed by atoms with E-state index in [0.717, 1.165) is 16.9 Å². The summed E-state index contributed by atoms with van der Waals surface area (Å²) in [6.07, 6.45) is 1.53. The monoisotopic (exact) mass is 362 g/mol. The summed E-state index contributed by atoms with van der Waals surface area (Å²) in [5, 5.41) is 13.6. The molecule has 0 aliphatic rings. The van der Waals surface area contributed by atoms with E-state index in [1.54, 1.807) is 13.2 Å². The molecule has 0 heterocycles. The fraction of sp³-hybridized carbons (Fsp3) is 0.125. The molecule has 0 bridgehead atoms. The van der Waals surface area contributed by atoms with Gasteiger partial charge in [-0.3, -0.25) is 4.79 Å². The number of methoxy groups -OCH3 is 1. The summed E-state index contributed by atoms with van der Waals surface area (Å²) in [5.41, 5.74) is 4.34. The number of ether oxygens (including phenoxy) is 1. The van der Waals surface area contributed by atoms with Crippen LogP contribution in [0.2, 0.25) is 0 Å². The van der Waals surface area contributed by atoms with Gasteiger partial charge >= 0.3 is 0 Å². The number of amides is 1. The van der Waals surface area contributed by atoms with Crippen molar-refractivity contribution in [3.8, 4) is 11.5 Å². The van der Waals surface area contributed by atoms with E-state index < -0.39 is 5.91 Å². The predicted molar refractivity (Wildman–Crippen MR) is 88.6 cm³/mol. The van der Waals surface area contributed by atoms with E-state index in [9.17, 15) is 9.90 Å². The predicted octanol–water partition coefficient (Wildman–Crippen LogP) is 3.24. The van der Waals surface area contributed by atoms with Crippen LogP contribution in [0.4, 0.5) is 0 Å². The molecule has 0 spiro atoms. The molecule has 22 heavy (non-hydrogen) atoms. The van der Waals surface area contributed by atoms with Crippen LogP contribution in [0, 0.1) is 6.92 Å². The Bertz CT molecular complexity index is 729. The van der Waals surface area contributed by atoms with Crippen molar-refractivity contribution in [2.24, 2.45) is 5.10 Å². The van der Waals surface area contributed by atoms with E-state index in [1.165, 1.54) is 18.3 Å². The lowest BCUT2D eigenvalue weighted by molar-refractivity contribution is 0.0952. The number of nitrogens with zero attached hydrogens (tertiary/aromatic N) is 1. The maximum atomic E-state index is 11.9. The van der Waals surface area contributed by atoms with Crippen LogP contribution in [0.25, 0.3) is 0 Å². The average molecular weight is 363 g/mol. The molecule has 0 fully saturated rings. The van der Waals surface area contributed by atoms with E-state index in [2.05, 4.69) is 26.5 Å². The number of aromatic hydroxyl groups is 1. The summed E-state index contributed by atoms with van der Waals surface area (Å²) in [6.45, 7) is 1.92. The van der Waals surface area contributed by atoms with Crippen LogP contribution in [-0.4, -0.2) is 24.3 Å². The third kappa shape index (κ3) is 3.85. The minimum atomic E-state index is -0.486. The molecule has 2 aromatic carbocycles. The number of hydrogen-bond acceptors (Lipinski definition) is 4. The quantitative estimate of drug-likeness (QED) is 0.647. The van der Waals surface area contributed by atoms with Gasteiger partial charge in [0, 0.05) is 4.47 Å². The lowest BCUT2D eigenvalue weighted by atomic mass is 10.1. The van der Waals surface area contributed by atoms with Gasteiger partial charge in [-0.15, -0.1) is 0 Å². The van der Waals surface area contributed by atoms with Crippen LogP contribution < -0.4 is 10.2 Å². The molecule has 2 aromatic rings. The van der Waals surface area contributed by atoms with E-state index in [1.807, 2.05) is 25.1 Å². The Morgan fingerprint density at radius 1 is 1.32 bits per heavy atom. The minimum absolute atomic E-state index is 0.101. The fourth-order valence-electron chi connectivity index (χ4n) is 1.90. The molecule has 0 aromatic heterocycles. The van der Waals surface area contributed by atoms with Crippen molar-refractivity contribution in [1.82, 2.24) is 5.43 Å². The SMILES string of the molecule is COc1ccc(C=NNC(=O)c2cc(Br)ccc2O)cc1C. The molecule has 2 rings (SSSR count). The van der Waals surface area contributed by atoms with Gasteiger partial charge in [-0.1, -0.05) is 15.9 Å². The summed E-state index contributed by atoms with van der Waals surface area (Å²) in [7, 11) is 1.61. The number of aryl methyl sites for hydroxylation is 1. The van der Waals surface area contributed by atoms with Gasteiger partial charge in [-0.2, -0.15) is 5.10 Å². The van der Waals surface area contributed by atoms with Gasteiger partial charge in [0.2, 0.25) is 0 Å². The van der Waals surface area contributed by atoms with E-state index in [-0.39, 0.29) is 11.3 Å². The minimum Gasteiger partial charge on any atom is -0.507 e. The molecular weight excluding hydrogens is 348 g/mol. The topological polar surface area (TPSA) is 70.9 Å². The zero-order chi connectivity index (χ0) is 16.1. The molecule has 0 saturated carbocycles. The summed E-state index contributed by atoms with van der Waals surface area (Å²) in [4.78, 5) is 11.9. The molecular formula is C16H15BrN2O3. The summed E-state index contributed by atoms with van der Waals surface area (Å²) in [6, 6.07) is 10.2. The Hall–Kier alpha value is -2.34. The Labute approximate surface area is 136 Å². The number of nitrogens with one attached hydrogen (secondary N) is 1. The van der Waals surface area contributed by atoms with Crippen LogP contribution in [0.1, 0.15) is 21.5 Å². The second-order valence-electron chi connectivity index (χ2n) is 4.59. The number of carbonyl (C=O) groups is 1. The second kappa shape index (κ2) is 7.09. The number of halogens is 1. The van der Waals surface area contributed by atoms with Crippen molar-refractivity contribution in [3.05, 3.63) is 57.6 Å². The van der Waals surface area contributed by atoms with Crippen LogP contribution in [0.5, 0.6) is 11.5 Å². The standard InChI is InChI=1S/C16H15BrN2O3/c1-10-7-11(3-6-15(10)22-2)9-18-19-16(21)13-8-12(17)4-5-14(13)20/h3-9,20H,1-2H3,(H,19,21). The van der Waals surface area contributed by atoms with Crippen molar-refractivity contribution < 1.29 is 14.6 Å². The molecule has 0 atom stereocenters. The largest absolute Gasteiger partial charge is 0.507 e. The molecule has 5 nitrogen and oxygen atoms in total. The van der Waals surface area contributed by atoms with Gasteiger partial charge in [-0.05, 0) is 54.4 Å². The number of benzene rings is 2. The smallest absolute Gasteiger partial charge is 0.275 e. The Balaban J connectivity index is 2.07. The van der Waals surface area contributed by atoms with Gasteiger partial charge in [-0.25, -0.2) is 5.43 Å². The normalized spacial score (nSPS) is 10.7. The Morgan fingerprint density at radius 3 is 2.77 bits per heavy atom. The molecule has 0 unspecified atom stereocenters. The maximum Gasteiger partial charge on any atom is 0.275 e. The maximum absolute atomic E-state index is 11.9. The third-order valence-electron chi connectivity index (χ3n) is 3.00. The molecule has 2 N–H and O–H groups in total. The first-order chi connectivity index (χ1) is 10.5. The zero-order valence-corrected chi connectivity index (χ0v) is 13.7. The van der Waals surface area contributed by atoms with Crippen molar-refractivity contribution in [2.75, 3.05) is 7.11 Å². The fourth-order valence-corrected chi connectivity index (χ4v) is 2.26. The lowest BCUT2D eigenvalue weighted by Crippen LogP contribution is -2.17. The third-order valence-corrected chi connectivity index (χ3v) is 3.50. The lowest BCUT2D eigenvalue weighted by Gasteiger charge is -2.05. The van der Waals surface area contributed by atoms with Crippen LogP contribution in [0.15, 0.2) is 46.0 Å². The van der Waals surface area contributed by atoms with Gasteiger partial charge in [0.15, 0.2) is 0 Å². The summed E-state index contributed by atoms with van der Waals surface area (Å²) in [5.74, 6) is 0.205. The van der Waals surface area contributed by atoms with Crippen LogP contribution in [0.3, 0.4) is 0 Å². The molecule has 0 aliphatic heterocycles. The first-order valence-corrected chi connectivity index (χ1v) is 7.27. The number of hydrazone groups is 1. The highest BCUT2D eigenvalue weighted by atomic mass is 79.9. The van der Waals surface area contributed by atoms with Crippen LogP contribution >= 0.6 is 15.9 Å². The number of phenols is 1. The second-order valence-corrected chi connectivity index (χ2v) is 5.51. The van der Waals surface area contributed by atoms with Crippen molar-refractivity contribution in [3.63, 3.8) is 0 Å². The average Bonchev–Trinajstić information content (AvgIpc) is 2.49. The van der Waals surface area contributed by atoms with Crippen LogP contribution in [-0.2, 0) is 0 Å². The number of phenolic OH excluding ortho intramolecular Hbond substituents is 1.